The summed E-state index contributed by atoms with van der Waals surface area (Å²) >= 11 is 0. The van der Waals surface area contributed by atoms with Crippen LogP contribution in [-0.2, 0) is 17.8 Å². The maximum absolute atomic E-state index is 12.1. The summed E-state index contributed by atoms with van der Waals surface area (Å²) in [5.74, 6) is 0.501. The maximum Gasteiger partial charge on any atom is 0.320 e. The molecule has 0 saturated carbocycles. The standard InChI is InChI=1S/C16H21N5O3/c1-19-5-6-20(14(23)9-19)8-12-7-11-3-2-4-21(16(17)24)15(11)18-13(12)10-22/h7,10H,2-6,8-9H2,1H3,(H2,17,24). The number of carbonyl (C=O) groups is 3. The van der Waals surface area contributed by atoms with Crippen LogP contribution in [0.2, 0.25) is 0 Å². The number of nitrogens with zero attached hydrogens (tertiary/aromatic N) is 4. The predicted molar refractivity (Wildman–Crippen MR) is 87.8 cm³/mol. The van der Waals surface area contributed by atoms with E-state index in [9.17, 15) is 14.4 Å². The SMILES string of the molecule is CN1CCN(Cc2cc3c(nc2C=O)N(C(N)=O)CCC3)C(=O)C1. The lowest BCUT2D eigenvalue weighted by molar-refractivity contribution is -0.136. The number of hydrogen-bond donors (Lipinski definition) is 1. The molecule has 0 atom stereocenters. The van der Waals surface area contributed by atoms with Crippen LogP contribution in [0.4, 0.5) is 10.6 Å². The van der Waals surface area contributed by atoms with Crippen molar-refractivity contribution in [2.24, 2.45) is 5.73 Å². The number of likely N-dealkylation sites (N-methyl/N-ethyl adjacent to an activating group) is 1. The van der Waals surface area contributed by atoms with Gasteiger partial charge in [-0.3, -0.25) is 19.4 Å². The van der Waals surface area contributed by atoms with Crippen LogP contribution < -0.4 is 10.6 Å². The number of aromatic nitrogens is 1. The largest absolute Gasteiger partial charge is 0.351 e. The van der Waals surface area contributed by atoms with Crippen LogP contribution in [-0.4, -0.2) is 66.2 Å². The number of nitrogens with two attached hydrogens (primary N) is 1. The molecule has 0 unspecified atom stereocenters. The molecule has 0 bridgehead atoms. The summed E-state index contributed by atoms with van der Waals surface area (Å²) in [5, 5.41) is 0. The van der Waals surface area contributed by atoms with Crippen LogP contribution in [0.1, 0.15) is 28.0 Å². The lowest BCUT2D eigenvalue weighted by Crippen LogP contribution is -2.48. The first-order chi connectivity index (χ1) is 11.5. The van der Waals surface area contributed by atoms with Crippen LogP contribution >= 0.6 is 0 Å². The number of aldehydes is 1. The molecular formula is C16H21N5O3. The third-order valence-corrected chi connectivity index (χ3v) is 4.52. The second-order valence-electron chi connectivity index (χ2n) is 6.28. The van der Waals surface area contributed by atoms with Gasteiger partial charge in [0.1, 0.15) is 11.5 Å². The van der Waals surface area contributed by atoms with Gasteiger partial charge in [-0.1, -0.05) is 0 Å². The van der Waals surface area contributed by atoms with E-state index in [2.05, 4.69) is 4.98 Å². The molecule has 1 saturated heterocycles. The van der Waals surface area contributed by atoms with Crippen LogP contribution in [0, 0.1) is 0 Å². The van der Waals surface area contributed by atoms with Crippen molar-refractivity contribution in [2.75, 3.05) is 38.1 Å². The summed E-state index contributed by atoms with van der Waals surface area (Å²) in [6, 6.07) is 1.31. The number of pyridine rings is 1. The van der Waals surface area contributed by atoms with E-state index in [4.69, 9.17) is 5.73 Å². The lowest BCUT2D eigenvalue weighted by atomic mass is 10.0. The number of primary amides is 1. The molecule has 3 amide bonds. The Morgan fingerprint density at radius 3 is 2.83 bits per heavy atom. The smallest absolute Gasteiger partial charge is 0.320 e. The van der Waals surface area contributed by atoms with Crippen LogP contribution in [0.5, 0.6) is 0 Å². The van der Waals surface area contributed by atoms with Gasteiger partial charge in [-0.25, -0.2) is 9.78 Å². The highest BCUT2D eigenvalue weighted by molar-refractivity contribution is 5.91. The number of carbonyl (C=O) groups excluding carboxylic acids is 3. The van der Waals surface area contributed by atoms with Gasteiger partial charge in [0.2, 0.25) is 5.91 Å². The molecule has 1 aromatic rings. The summed E-state index contributed by atoms with van der Waals surface area (Å²) in [5.41, 5.74) is 7.26. The minimum atomic E-state index is -0.567. The second-order valence-corrected chi connectivity index (χ2v) is 6.28. The molecule has 2 N–H and O–H groups in total. The number of aryl methyl sites for hydroxylation is 1. The number of hydrogen-bond acceptors (Lipinski definition) is 5. The van der Waals surface area contributed by atoms with Crippen molar-refractivity contribution >= 4 is 24.0 Å². The van der Waals surface area contributed by atoms with E-state index in [1.165, 1.54) is 4.90 Å². The summed E-state index contributed by atoms with van der Waals surface area (Å²) in [4.78, 5) is 44.6. The molecule has 3 heterocycles. The first-order valence-corrected chi connectivity index (χ1v) is 8.01. The van der Waals surface area contributed by atoms with E-state index in [-0.39, 0.29) is 11.6 Å². The number of urea groups is 1. The monoisotopic (exact) mass is 331 g/mol. The van der Waals surface area contributed by atoms with Gasteiger partial charge in [0.05, 0.1) is 6.54 Å². The maximum atomic E-state index is 12.1. The van der Waals surface area contributed by atoms with E-state index in [1.807, 2.05) is 18.0 Å². The Bertz CT molecular complexity index is 691. The molecule has 0 radical (unpaired) electrons. The molecule has 2 aliphatic rings. The molecule has 2 aliphatic heterocycles. The van der Waals surface area contributed by atoms with Crippen molar-refractivity contribution < 1.29 is 14.4 Å². The molecule has 8 nitrogen and oxygen atoms in total. The zero-order valence-corrected chi connectivity index (χ0v) is 13.7. The average Bonchev–Trinajstić information content (AvgIpc) is 2.56. The third kappa shape index (κ3) is 3.09. The number of fused-ring (bicyclic) bond motifs is 1. The van der Waals surface area contributed by atoms with Gasteiger partial charge in [0.25, 0.3) is 0 Å². The molecule has 0 spiro atoms. The Kier molecular flexibility index (Phi) is 4.48. The first-order valence-electron chi connectivity index (χ1n) is 8.01. The van der Waals surface area contributed by atoms with Crippen molar-refractivity contribution in [1.82, 2.24) is 14.8 Å². The highest BCUT2D eigenvalue weighted by Gasteiger charge is 2.26. The van der Waals surface area contributed by atoms with E-state index < -0.39 is 6.03 Å². The fraction of sp³-hybridized carbons (Fsp3) is 0.500. The summed E-state index contributed by atoms with van der Waals surface area (Å²) in [6.45, 7) is 2.67. The van der Waals surface area contributed by atoms with Crippen LogP contribution in [0.15, 0.2) is 6.07 Å². The van der Waals surface area contributed by atoms with Crippen molar-refractivity contribution in [3.63, 3.8) is 0 Å². The Morgan fingerprint density at radius 1 is 1.38 bits per heavy atom. The Labute approximate surface area is 140 Å². The van der Waals surface area contributed by atoms with Gasteiger partial charge in [0, 0.05) is 31.7 Å². The van der Waals surface area contributed by atoms with Crippen molar-refractivity contribution in [3.05, 3.63) is 22.9 Å². The van der Waals surface area contributed by atoms with Gasteiger partial charge in [-0.2, -0.15) is 0 Å². The highest BCUT2D eigenvalue weighted by atomic mass is 16.2. The van der Waals surface area contributed by atoms with Crippen molar-refractivity contribution in [2.45, 2.75) is 19.4 Å². The Morgan fingerprint density at radius 2 is 2.17 bits per heavy atom. The number of piperazine rings is 1. The Balaban J connectivity index is 1.90. The molecule has 0 aromatic carbocycles. The molecular weight excluding hydrogens is 310 g/mol. The van der Waals surface area contributed by atoms with Gasteiger partial charge in [0.15, 0.2) is 6.29 Å². The summed E-state index contributed by atoms with van der Waals surface area (Å²) in [6.07, 6.45) is 2.24. The van der Waals surface area contributed by atoms with Gasteiger partial charge < -0.3 is 10.6 Å². The number of rotatable bonds is 3. The second kappa shape index (κ2) is 6.56. The van der Waals surface area contributed by atoms with E-state index in [1.54, 1.807) is 4.90 Å². The normalized spacial score (nSPS) is 18.5. The van der Waals surface area contributed by atoms with E-state index >= 15 is 0 Å². The fourth-order valence-electron chi connectivity index (χ4n) is 3.20. The predicted octanol–water partition coefficient (Wildman–Crippen LogP) is -0.000600. The van der Waals surface area contributed by atoms with Gasteiger partial charge in [-0.15, -0.1) is 0 Å². The zero-order valence-electron chi connectivity index (χ0n) is 13.7. The average molecular weight is 331 g/mol. The minimum absolute atomic E-state index is 0.0390. The summed E-state index contributed by atoms with van der Waals surface area (Å²) < 4.78 is 0. The molecule has 0 aliphatic carbocycles. The molecule has 128 valence electrons. The van der Waals surface area contributed by atoms with Crippen molar-refractivity contribution in [1.29, 1.82) is 0 Å². The minimum Gasteiger partial charge on any atom is -0.351 e. The van der Waals surface area contributed by atoms with E-state index in [0.717, 1.165) is 24.9 Å². The third-order valence-electron chi connectivity index (χ3n) is 4.52. The lowest BCUT2D eigenvalue weighted by Gasteiger charge is -2.33. The summed E-state index contributed by atoms with van der Waals surface area (Å²) in [7, 11) is 1.91. The molecule has 24 heavy (non-hydrogen) atoms. The highest BCUT2D eigenvalue weighted by Crippen LogP contribution is 2.27. The zero-order chi connectivity index (χ0) is 17.3. The fourth-order valence-corrected chi connectivity index (χ4v) is 3.20. The molecule has 1 fully saturated rings. The van der Waals surface area contributed by atoms with Gasteiger partial charge in [-0.05, 0) is 31.5 Å². The molecule has 8 heteroatoms. The van der Waals surface area contributed by atoms with Crippen LogP contribution in [0.3, 0.4) is 0 Å². The topological polar surface area (TPSA) is 99.8 Å². The van der Waals surface area contributed by atoms with Crippen LogP contribution in [0.25, 0.3) is 0 Å². The first kappa shape index (κ1) is 16.4. The van der Waals surface area contributed by atoms with E-state index in [0.29, 0.717) is 43.8 Å². The quantitative estimate of drug-likeness (QED) is 0.786. The number of amides is 3. The molecule has 1 aromatic heterocycles. The van der Waals surface area contributed by atoms with Gasteiger partial charge >= 0.3 is 6.03 Å². The number of anilines is 1. The molecule has 3 rings (SSSR count). The van der Waals surface area contributed by atoms with Crippen molar-refractivity contribution in [3.8, 4) is 0 Å². The Hall–Kier alpha value is -2.48.